The fraction of sp³-hybridized carbons (Fsp3) is 0.677. The first-order chi connectivity index (χ1) is 36.6. The lowest BCUT2D eigenvalue weighted by Crippen LogP contribution is -2.62. The van der Waals surface area contributed by atoms with Gasteiger partial charge in [0.05, 0.1) is 26.4 Å². The van der Waals surface area contributed by atoms with Gasteiger partial charge in [-0.2, -0.15) is 8.42 Å². The number of ether oxygens (including phenoxy) is 7. The minimum absolute atomic E-state index is 0.0843. The number of hydrogen-bond acceptors (Lipinski definition) is 11. The standard InChI is InChI=1S/C62H96O12S/c1-3-5-7-9-11-13-15-17-19-21-23-25-36-44-57(63)68-49-55(73-58(64)45-37-26-24-22-20-18-16-14-12-10-8-6-4-2)50-72-62-61(71-48-54-42-34-29-35-43-54)60(70-47-53-40-32-28-33-41-53)59(56(74-62)51-75(65,66)67)69-46-52-38-30-27-31-39-52/h27-35,38-43,55-56,59-62H,3-26,36-37,44-51H2,1-2H3,(H,65,66,67)/t55?,56-,59-,60+,61-,62-/m1/s1. The van der Waals surface area contributed by atoms with Crippen LogP contribution in [0.4, 0.5) is 0 Å². The van der Waals surface area contributed by atoms with Gasteiger partial charge < -0.3 is 33.2 Å². The second kappa shape index (κ2) is 40.5. The van der Waals surface area contributed by atoms with Gasteiger partial charge in [0.1, 0.15) is 36.8 Å². The molecule has 0 aromatic heterocycles. The van der Waals surface area contributed by atoms with Crippen molar-refractivity contribution in [1.82, 2.24) is 0 Å². The molecular weight excluding hydrogens is 969 g/mol. The van der Waals surface area contributed by atoms with Gasteiger partial charge in [0, 0.05) is 12.8 Å². The lowest BCUT2D eigenvalue weighted by Gasteiger charge is -2.45. The van der Waals surface area contributed by atoms with Crippen molar-refractivity contribution in [2.24, 2.45) is 0 Å². The molecular formula is C62H96O12S. The number of benzene rings is 3. The van der Waals surface area contributed by atoms with Crippen LogP contribution in [0.1, 0.15) is 210 Å². The summed E-state index contributed by atoms with van der Waals surface area (Å²) in [5.74, 6) is -1.63. The summed E-state index contributed by atoms with van der Waals surface area (Å²) in [4.78, 5) is 26.7. The van der Waals surface area contributed by atoms with Crippen molar-refractivity contribution in [2.45, 2.75) is 250 Å². The highest BCUT2D eigenvalue weighted by atomic mass is 32.2. The van der Waals surface area contributed by atoms with E-state index in [2.05, 4.69) is 13.8 Å². The van der Waals surface area contributed by atoms with E-state index in [1.54, 1.807) is 0 Å². The van der Waals surface area contributed by atoms with Crippen molar-refractivity contribution in [1.29, 1.82) is 0 Å². The van der Waals surface area contributed by atoms with Gasteiger partial charge in [-0.25, -0.2) is 0 Å². The van der Waals surface area contributed by atoms with Crippen LogP contribution in [-0.4, -0.2) is 80.7 Å². The first-order valence-electron chi connectivity index (χ1n) is 29.2. The van der Waals surface area contributed by atoms with Gasteiger partial charge in [-0.05, 0) is 29.5 Å². The molecule has 1 unspecified atom stereocenters. The molecule has 12 nitrogen and oxygen atoms in total. The molecule has 1 saturated heterocycles. The number of rotatable bonds is 45. The van der Waals surface area contributed by atoms with Gasteiger partial charge in [0.2, 0.25) is 0 Å². The number of unbranched alkanes of at least 4 members (excludes halogenated alkanes) is 24. The molecule has 1 aliphatic rings. The Kier molecular flexibility index (Phi) is 34.5. The highest BCUT2D eigenvalue weighted by molar-refractivity contribution is 7.85. The Bertz CT molecular complexity index is 1970. The van der Waals surface area contributed by atoms with Crippen molar-refractivity contribution in [3.8, 4) is 0 Å². The molecule has 75 heavy (non-hydrogen) atoms. The molecule has 6 atom stereocenters. The van der Waals surface area contributed by atoms with Gasteiger partial charge in [-0.3, -0.25) is 14.1 Å². The largest absolute Gasteiger partial charge is 0.462 e. The van der Waals surface area contributed by atoms with E-state index in [1.165, 1.54) is 116 Å². The topological polar surface area (TPSA) is 153 Å². The minimum atomic E-state index is -4.62. The molecule has 0 saturated carbocycles. The zero-order valence-corrected chi connectivity index (χ0v) is 46.8. The molecule has 4 rings (SSSR count). The van der Waals surface area contributed by atoms with Crippen LogP contribution in [0.3, 0.4) is 0 Å². The molecule has 1 heterocycles. The minimum Gasteiger partial charge on any atom is -0.462 e. The maximum absolute atomic E-state index is 13.5. The molecule has 0 radical (unpaired) electrons. The summed E-state index contributed by atoms with van der Waals surface area (Å²) < 4.78 is 80.2. The van der Waals surface area contributed by atoms with Crippen LogP contribution in [0.25, 0.3) is 0 Å². The van der Waals surface area contributed by atoms with Crippen LogP contribution in [0.2, 0.25) is 0 Å². The predicted octanol–water partition coefficient (Wildman–Crippen LogP) is 14.8. The average Bonchev–Trinajstić information content (AvgIpc) is 3.41. The number of esters is 2. The molecule has 1 N–H and O–H groups in total. The number of hydrogen-bond donors (Lipinski definition) is 1. The zero-order chi connectivity index (χ0) is 53.4. The Balaban J connectivity index is 1.43. The van der Waals surface area contributed by atoms with E-state index in [-0.39, 0.29) is 51.8 Å². The molecule has 0 aliphatic carbocycles. The molecule has 1 aliphatic heterocycles. The monoisotopic (exact) mass is 1060 g/mol. The van der Waals surface area contributed by atoms with Gasteiger partial charge in [-0.15, -0.1) is 0 Å². The van der Waals surface area contributed by atoms with E-state index in [1.807, 2.05) is 91.0 Å². The summed E-state index contributed by atoms with van der Waals surface area (Å²) in [5.41, 5.74) is 2.54. The van der Waals surface area contributed by atoms with E-state index in [0.29, 0.717) is 12.8 Å². The van der Waals surface area contributed by atoms with Crippen molar-refractivity contribution >= 4 is 22.1 Å². The molecule has 3 aromatic rings. The maximum atomic E-state index is 13.5. The van der Waals surface area contributed by atoms with Crippen molar-refractivity contribution in [3.05, 3.63) is 108 Å². The van der Waals surface area contributed by atoms with Gasteiger partial charge in [0.25, 0.3) is 10.1 Å². The van der Waals surface area contributed by atoms with Crippen LogP contribution in [0, 0.1) is 0 Å². The van der Waals surface area contributed by atoms with E-state index < -0.39 is 58.7 Å². The van der Waals surface area contributed by atoms with Crippen LogP contribution >= 0.6 is 0 Å². The summed E-state index contributed by atoms with van der Waals surface area (Å²) in [6.45, 7) is 4.29. The highest BCUT2D eigenvalue weighted by Crippen LogP contribution is 2.32. The summed E-state index contributed by atoms with van der Waals surface area (Å²) >= 11 is 0. The van der Waals surface area contributed by atoms with Gasteiger partial charge in [-0.1, -0.05) is 259 Å². The van der Waals surface area contributed by atoms with Crippen LogP contribution in [-0.2, 0) is 72.7 Å². The molecule has 422 valence electrons. The van der Waals surface area contributed by atoms with Crippen LogP contribution in [0.15, 0.2) is 91.0 Å². The third-order valence-electron chi connectivity index (χ3n) is 14.0. The second-order valence-corrected chi connectivity index (χ2v) is 22.2. The fourth-order valence-corrected chi connectivity index (χ4v) is 10.3. The molecule has 0 spiro atoms. The zero-order valence-electron chi connectivity index (χ0n) is 46.0. The van der Waals surface area contributed by atoms with Crippen molar-refractivity contribution < 1.29 is 55.7 Å². The first kappa shape index (κ1) is 63.8. The normalized spacial score (nSPS) is 18.2. The highest BCUT2D eigenvalue weighted by Gasteiger charge is 2.50. The lowest BCUT2D eigenvalue weighted by atomic mass is 9.98. The van der Waals surface area contributed by atoms with Crippen LogP contribution < -0.4 is 0 Å². The Labute approximate surface area is 452 Å². The lowest BCUT2D eigenvalue weighted by molar-refractivity contribution is -0.322. The number of carbonyl (C=O) groups is 2. The Hall–Kier alpha value is -3.69. The fourth-order valence-electron chi connectivity index (χ4n) is 9.62. The SMILES string of the molecule is CCCCCCCCCCCCCCCC(=O)OCC(CO[C@@H]1O[C@H](CS(=O)(=O)O)[C@@H](OCc2ccccc2)[C@H](OCc2ccccc2)[C@H]1OCc1ccccc1)OC(=O)CCCCCCCCCCCCCCC. The van der Waals surface area contributed by atoms with Crippen molar-refractivity contribution in [2.75, 3.05) is 19.0 Å². The third kappa shape index (κ3) is 30.2. The molecule has 0 bridgehead atoms. The smallest absolute Gasteiger partial charge is 0.306 e. The van der Waals surface area contributed by atoms with E-state index in [4.69, 9.17) is 33.2 Å². The summed E-state index contributed by atoms with van der Waals surface area (Å²) in [7, 11) is -4.62. The predicted molar refractivity (Wildman–Crippen MR) is 298 cm³/mol. The third-order valence-corrected chi connectivity index (χ3v) is 14.7. The quantitative estimate of drug-likeness (QED) is 0.0326. The molecule has 0 amide bonds. The van der Waals surface area contributed by atoms with Gasteiger partial charge >= 0.3 is 11.9 Å². The van der Waals surface area contributed by atoms with E-state index in [0.717, 1.165) is 55.2 Å². The Morgan fingerprint density at radius 3 is 1.23 bits per heavy atom. The molecule has 13 heteroatoms. The Morgan fingerprint density at radius 2 is 0.827 bits per heavy atom. The molecule has 3 aromatic carbocycles. The maximum Gasteiger partial charge on any atom is 0.306 e. The van der Waals surface area contributed by atoms with Crippen molar-refractivity contribution in [3.63, 3.8) is 0 Å². The summed E-state index contributed by atoms with van der Waals surface area (Å²) in [6.07, 6.45) is 24.8. The Morgan fingerprint density at radius 1 is 0.467 bits per heavy atom. The first-order valence-corrected chi connectivity index (χ1v) is 30.8. The second-order valence-electron chi connectivity index (χ2n) is 20.7. The average molecular weight is 1070 g/mol. The van der Waals surface area contributed by atoms with Gasteiger partial charge in [0.15, 0.2) is 12.4 Å². The van der Waals surface area contributed by atoms with E-state index in [9.17, 15) is 22.6 Å². The van der Waals surface area contributed by atoms with E-state index >= 15 is 0 Å². The molecule has 1 fully saturated rings. The number of carbonyl (C=O) groups excluding carboxylic acids is 2. The summed E-state index contributed by atoms with van der Waals surface area (Å²) in [6, 6.07) is 28.5. The van der Waals surface area contributed by atoms with Crippen LogP contribution in [0.5, 0.6) is 0 Å². The summed E-state index contributed by atoms with van der Waals surface area (Å²) in [5, 5.41) is 0.